The van der Waals surface area contributed by atoms with Gasteiger partial charge in [-0.1, -0.05) is 42.5 Å². The molecule has 1 unspecified atom stereocenters. The summed E-state index contributed by atoms with van der Waals surface area (Å²) in [5.74, 6) is -1.10. The molecule has 0 spiro atoms. The molecule has 2 aromatic rings. The molecule has 0 N–H and O–H groups in total. The average molecular weight is 343 g/mol. The van der Waals surface area contributed by atoms with Gasteiger partial charge in [0.05, 0.1) is 0 Å². The first-order valence-electron chi connectivity index (χ1n) is 7.47. The minimum absolute atomic E-state index is 0.263. The third-order valence-electron chi connectivity index (χ3n) is 4.02. The number of nitrogens with zero attached hydrogens (tertiary/aromatic N) is 1. The molecule has 0 fully saturated rings. The van der Waals surface area contributed by atoms with E-state index in [-0.39, 0.29) is 5.91 Å². The van der Waals surface area contributed by atoms with Crippen molar-refractivity contribution in [3.63, 3.8) is 0 Å². The van der Waals surface area contributed by atoms with Gasteiger partial charge in [0, 0.05) is 26.0 Å². The molecule has 1 atom stereocenters. The van der Waals surface area contributed by atoms with Gasteiger partial charge in [-0.25, -0.2) is 0 Å². The van der Waals surface area contributed by atoms with E-state index in [9.17, 15) is 9.36 Å². The molecule has 1 heterocycles. The lowest BCUT2D eigenvalue weighted by Gasteiger charge is -2.36. The summed E-state index contributed by atoms with van der Waals surface area (Å²) in [6, 6.07) is 16.3. The normalized spacial score (nSPS) is 16.8. The van der Waals surface area contributed by atoms with Gasteiger partial charge in [0.1, 0.15) is 0 Å². The minimum atomic E-state index is -3.57. The van der Waals surface area contributed by atoms with Gasteiger partial charge in [-0.05, 0) is 29.3 Å². The van der Waals surface area contributed by atoms with Crippen molar-refractivity contribution in [2.75, 3.05) is 14.2 Å². The van der Waals surface area contributed by atoms with Crippen molar-refractivity contribution in [3.8, 4) is 0 Å². The summed E-state index contributed by atoms with van der Waals surface area (Å²) >= 11 is 0. The fourth-order valence-corrected chi connectivity index (χ4v) is 4.41. The highest BCUT2D eigenvalue weighted by molar-refractivity contribution is 7.54. The molecule has 24 heavy (non-hydrogen) atoms. The molecule has 1 aliphatic heterocycles. The SMILES string of the molecule is COP(=O)(OC)C1c2ccccc2C=CN1C(=O)c1ccccc1. The lowest BCUT2D eigenvalue weighted by molar-refractivity contribution is 0.0783. The maximum atomic E-state index is 13.1. The van der Waals surface area contributed by atoms with E-state index in [4.69, 9.17) is 9.05 Å². The van der Waals surface area contributed by atoms with Gasteiger partial charge in [0.25, 0.3) is 5.91 Å². The molecule has 0 radical (unpaired) electrons. The topological polar surface area (TPSA) is 55.8 Å². The Morgan fingerprint density at radius 2 is 1.62 bits per heavy atom. The second kappa shape index (κ2) is 6.73. The quantitative estimate of drug-likeness (QED) is 0.777. The Hall–Kier alpha value is -2.20. The van der Waals surface area contributed by atoms with Gasteiger partial charge in [0.15, 0.2) is 5.78 Å². The Kier molecular flexibility index (Phi) is 4.67. The van der Waals surface area contributed by atoms with Crippen molar-refractivity contribution in [1.29, 1.82) is 0 Å². The van der Waals surface area contributed by atoms with E-state index in [2.05, 4.69) is 0 Å². The van der Waals surface area contributed by atoms with Crippen LogP contribution in [-0.4, -0.2) is 25.0 Å². The van der Waals surface area contributed by atoms with Crippen LogP contribution in [-0.2, 0) is 13.6 Å². The number of carbonyl (C=O) groups is 1. The van der Waals surface area contributed by atoms with Crippen LogP contribution in [0.25, 0.3) is 6.08 Å². The van der Waals surface area contributed by atoms with E-state index in [0.29, 0.717) is 5.56 Å². The molecule has 1 amide bonds. The lowest BCUT2D eigenvalue weighted by Crippen LogP contribution is -2.33. The van der Waals surface area contributed by atoms with E-state index in [1.165, 1.54) is 19.1 Å². The predicted octanol–water partition coefficient (Wildman–Crippen LogP) is 4.30. The summed E-state index contributed by atoms with van der Waals surface area (Å²) in [6.07, 6.45) is 3.45. The van der Waals surface area contributed by atoms with E-state index < -0.39 is 13.4 Å². The fourth-order valence-electron chi connectivity index (χ4n) is 2.80. The molecule has 2 aromatic carbocycles. The van der Waals surface area contributed by atoms with Crippen LogP contribution in [0, 0.1) is 0 Å². The van der Waals surface area contributed by atoms with E-state index >= 15 is 0 Å². The van der Waals surface area contributed by atoms with Crippen molar-refractivity contribution in [2.45, 2.75) is 5.78 Å². The first-order chi connectivity index (χ1) is 11.6. The summed E-state index contributed by atoms with van der Waals surface area (Å²) in [6.45, 7) is 0. The second-order valence-electron chi connectivity index (χ2n) is 5.30. The number of hydrogen-bond donors (Lipinski definition) is 0. The van der Waals surface area contributed by atoms with Gasteiger partial charge < -0.3 is 9.05 Å². The van der Waals surface area contributed by atoms with Crippen LogP contribution in [0.2, 0.25) is 0 Å². The van der Waals surface area contributed by atoms with Gasteiger partial charge in [-0.15, -0.1) is 0 Å². The zero-order chi connectivity index (χ0) is 17.2. The van der Waals surface area contributed by atoms with E-state index in [1.54, 1.807) is 30.5 Å². The number of amides is 1. The monoisotopic (exact) mass is 343 g/mol. The van der Waals surface area contributed by atoms with Crippen LogP contribution in [0.3, 0.4) is 0 Å². The molecule has 0 saturated carbocycles. The van der Waals surface area contributed by atoms with Crippen LogP contribution < -0.4 is 0 Å². The van der Waals surface area contributed by atoms with Gasteiger partial charge in [-0.2, -0.15) is 0 Å². The Morgan fingerprint density at radius 3 is 2.29 bits per heavy atom. The smallest absolute Gasteiger partial charge is 0.310 e. The summed E-state index contributed by atoms with van der Waals surface area (Å²) in [5.41, 5.74) is 2.12. The molecule has 124 valence electrons. The Balaban J connectivity index is 2.12. The Bertz CT molecular complexity index is 811. The first kappa shape index (κ1) is 16.7. The number of carbonyl (C=O) groups excluding carboxylic acids is 1. The minimum Gasteiger partial charge on any atom is -0.310 e. The van der Waals surface area contributed by atoms with Crippen LogP contribution in [0.5, 0.6) is 0 Å². The third-order valence-corrected chi connectivity index (χ3v) is 6.16. The highest BCUT2D eigenvalue weighted by atomic mass is 31.2. The van der Waals surface area contributed by atoms with Gasteiger partial charge >= 0.3 is 7.60 Å². The average Bonchev–Trinajstić information content (AvgIpc) is 2.66. The van der Waals surface area contributed by atoms with Crippen LogP contribution in [0.1, 0.15) is 27.3 Å². The molecule has 1 aliphatic rings. The van der Waals surface area contributed by atoms with Crippen molar-refractivity contribution >= 4 is 19.6 Å². The van der Waals surface area contributed by atoms with Crippen molar-refractivity contribution in [2.24, 2.45) is 0 Å². The van der Waals surface area contributed by atoms with E-state index in [1.807, 2.05) is 36.4 Å². The van der Waals surface area contributed by atoms with Crippen molar-refractivity contribution in [1.82, 2.24) is 4.90 Å². The third kappa shape index (κ3) is 2.82. The molecule has 0 bridgehead atoms. The Labute approximate surface area is 141 Å². The summed E-state index contributed by atoms with van der Waals surface area (Å²) in [7, 11) is -0.906. The maximum absolute atomic E-state index is 13.1. The van der Waals surface area contributed by atoms with Crippen molar-refractivity contribution < 1.29 is 18.4 Å². The summed E-state index contributed by atoms with van der Waals surface area (Å²) in [5, 5.41) is 0. The molecular weight excluding hydrogens is 325 g/mol. The molecule has 0 saturated heterocycles. The fraction of sp³-hybridized carbons (Fsp3) is 0.167. The van der Waals surface area contributed by atoms with E-state index in [0.717, 1.165) is 11.1 Å². The highest BCUT2D eigenvalue weighted by Gasteiger charge is 2.43. The summed E-state index contributed by atoms with van der Waals surface area (Å²) in [4.78, 5) is 14.4. The zero-order valence-electron chi connectivity index (χ0n) is 13.5. The van der Waals surface area contributed by atoms with Crippen LogP contribution in [0.4, 0.5) is 0 Å². The second-order valence-corrected chi connectivity index (χ2v) is 7.60. The number of benzene rings is 2. The van der Waals surface area contributed by atoms with Gasteiger partial charge in [-0.3, -0.25) is 14.3 Å². The molecular formula is C18H18NO4P. The number of hydrogen-bond acceptors (Lipinski definition) is 4. The molecule has 5 nitrogen and oxygen atoms in total. The highest BCUT2D eigenvalue weighted by Crippen LogP contribution is 2.63. The van der Waals surface area contributed by atoms with Crippen LogP contribution >= 0.6 is 7.60 Å². The zero-order valence-corrected chi connectivity index (χ0v) is 14.4. The van der Waals surface area contributed by atoms with Gasteiger partial charge in [0.2, 0.25) is 0 Å². The first-order valence-corrected chi connectivity index (χ1v) is 9.08. The molecule has 0 aliphatic carbocycles. The largest absolute Gasteiger partial charge is 0.357 e. The van der Waals surface area contributed by atoms with Crippen molar-refractivity contribution in [3.05, 3.63) is 77.5 Å². The number of fused-ring (bicyclic) bond motifs is 1. The Morgan fingerprint density at radius 1 is 1.00 bits per heavy atom. The van der Waals surface area contributed by atoms with Crippen LogP contribution in [0.15, 0.2) is 60.8 Å². The standard InChI is InChI=1S/C18H18NO4P/c1-22-24(21,23-2)18-16-11-7-6-8-14(16)12-13-19(18)17(20)15-9-4-3-5-10-15/h3-13,18H,1-2H3. The number of rotatable bonds is 4. The molecule has 3 rings (SSSR count). The maximum Gasteiger partial charge on any atom is 0.357 e. The molecule has 6 heteroatoms. The summed E-state index contributed by atoms with van der Waals surface area (Å²) < 4.78 is 23.6. The molecule has 0 aromatic heterocycles. The predicted molar refractivity (Wildman–Crippen MR) is 92.5 cm³/mol. The lowest BCUT2D eigenvalue weighted by atomic mass is 10.0.